The summed E-state index contributed by atoms with van der Waals surface area (Å²) in [6, 6.07) is 11.3. The van der Waals surface area contributed by atoms with Crippen LogP contribution >= 0.6 is 0 Å². The number of carbonyl (C=O) groups excluding carboxylic acids is 1. The summed E-state index contributed by atoms with van der Waals surface area (Å²) in [5.74, 6) is 1.57. The molecule has 0 saturated carbocycles. The third kappa shape index (κ3) is 4.26. The van der Waals surface area contributed by atoms with Crippen LogP contribution in [0.4, 0.5) is 5.69 Å². The summed E-state index contributed by atoms with van der Waals surface area (Å²) in [7, 11) is -3.62. The number of aryl methyl sites for hydroxylation is 1. The van der Waals surface area contributed by atoms with Crippen molar-refractivity contribution in [1.82, 2.24) is 8.87 Å². The maximum absolute atomic E-state index is 12.7. The van der Waals surface area contributed by atoms with Gasteiger partial charge in [-0.1, -0.05) is 12.0 Å². The molecule has 1 aromatic heterocycles. The molecule has 2 heterocycles. The Morgan fingerprint density at radius 1 is 1.16 bits per heavy atom. The molecule has 0 radical (unpaired) electrons. The van der Waals surface area contributed by atoms with Crippen LogP contribution < -0.4 is 11.1 Å². The number of rotatable bonds is 6. The van der Waals surface area contributed by atoms with E-state index < -0.39 is 15.8 Å². The lowest BCUT2D eigenvalue weighted by Crippen LogP contribution is -2.27. The Bertz CT molecular complexity index is 1340. The van der Waals surface area contributed by atoms with Crippen molar-refractivity contribution in [3.63, 3.8) is 0 Å². The van der Waals surface area contributed by atoms with E-state index in [0.29, 0.717) is 29.9 Å². The molecule has 1 N–H and O–H groups in total. The van der Waals surface area contributed by atoms with Gasteiger partial charge in [0.05, 0.1) is 10.4 Å². The minimum absolute atomic E-state index is 0.0304. The quantitative estimate of drug-likeness (QED) is 0.595. The summed E-state index contributed by atoms with van der Waals surface area (Å²) in [5.41, 5.74) is 1.83. The van der Waals surface area contributed by atoms with Crippen molar-refractivity contribution in [3.8, 4) is 12.3 Å². The molecule has 1 saturated heterocycles. The summed E-state index contributed by atoms with van der Waals surface area (Å²) in [5, 5.41) is 2.74. The number of anilines is 1. The molecule has 2 aromatic carbocycles. The summed E-state index contributed by atoms with van der Waals surface area (Å²) in [6.45, 7) is 1.07. The Hall–Kier alpha value is -3.35. The summed E-state index contributed by atoms with van der Waals surface area (Å²) < 4.78 is 33.5. The molecule has 160 valence electrons. The van der Waals surface area contributed by atoms with Crippen molar-refractivity contribution >= 4 is 32.7 Å². The zero-order chi connectivity index (χ0) is 22.0. The molecule has 4 rings (SSSR count). The van der Waals surface area contributed by atoms with Crippen molar-refractivity contribution in [1.29, 1.82) is 0 Å². The first-order valence-electron chi connectivity index (χ1n) is 9.88. The van der Waals surface area contributed by atoms with Gasteiger partial charge in [-0.15, -0.1) is 6.42 Å². The predicted molar refractivity (Wildman–Crippen MR) is 116 cm³/mol. The first-order chi connectivity index (χ1) is 14.9. The van der Waals surface area contributed by atoms with Crippen molar-refractivity contribution in [2.75, 3.05) is 18.4 Å². The van der Waals surface area contributed by atoms with Crippen molar-refractivity contribution in [2.45, 2.75) is 30.7 Å². The van der Waals surface area contributed by atoms with E-state index in [2.05, 4.69) is 11.2 Å². The van der Waals surface area contributed by atoms with Gasteiger partial charge in [-0.25, -0.2) is 13.2 Å². The Morgan fingerprint density at radius 2 is 1.94 bits per heavy atom. The van der Waals surface area contributed by atoms with Gasteiger partial charge in [0.15, 0.2) is 5.58 Å². The number of aromatic nitrogens is 1. The second kappa shape index (κ2) is 8.41. The lowest BCUT2D eigenvalue weighted by atomic mass is 10.2. The largest absolute Gasteiger partial charge is 0.419 e. The Kier molecular flexibility index (Phi) is 5.67. The third-order valence-corrected chi connectivity index (χ3v) is 7.11. The fraction of sp³-hybridized carbons (Fsp3) is 0.273. The van der Waals surface area contributed by atoms with E-state index in [0.717, 1.165) is 12.8 Å². The minimum atomic E-state index is -3.62. The van der Waals surface area contributed by atoms with Gasteiger partial charge in [0.2, 0.25) is 15.9 Å². The highest BCUT2D eigenvalue weighted by Gasteiger charge is 2.28. The molecule has 3 aromatic rings. The number of terminal acetylenes is 1. The molecule has 0 atom stereocenters. The summed E-state index contributed by atoms with van der Waals surface area (Å²) >= 11 is 0. The van der Waals surface area contributed by atoms with Crippen LogP contribution in [-0.4, -0.2) is 36.3 Å². The van der Waals surface area contributed by atoms with Gasteiger partial charge >= 0.3 is 5.76 Å². The van der Waals surface area contributed by atoms with E-state index in [-0.39, 0.29) is 29.4 Å². The van der Waals surface area contributed by atoms with Crippen molar-refractivity contribution in [3.05, 3.63) is 58.6 Å². The van der Waals surface area contributed by atoms with Crippen LogP contribution in [0, 0.1) is 12.3 Å². The first kappa shape index (κ1) is 20.9. The molecule has 0 spiro atoms. The number of nitrogens with zero attached hydrogens (tertiary/aromatic N) is 2. The van der Waals surface area contributed by atoms with Gasteiger partial charge < -0.3 is 9.73 Å². The SMILES string of the molecule is C#Cc1cccc(NC(=O)CCn2c(=O)oc3cc(S(=O)(=O)N4CCCC4)ccc32)c1. The molecule has 0 unspecified atom stereocenters. The van der Waals surface area contributed by atoms with Crippen LogP contribution in [0.1, 0.15) is 24.8 Å². The maximum Gasteiger partial charge on any atom is 0.419 e. The van der Waals surface area contributed by atoms with E-state index >= 15 is 0 Å². The number of hydrogen-bond donors (Lipinski definition) is 1. The highest BCUT2D eigenvalue weighted by Crippen LogP contribution is 2.24. The van der Waals surface area contributed by atoms with E-state index in [1.165, 1.54) is 27.1 Å². The average Bonchev–Trinajstić information content (AvgIpc) is 3.40. The molecule has 1 aliphatic rings. The highest BCUT2D eigenvalue weighted by atomic mass is 32.2. The highest BCUT2D eigenvalue weighted by molar-refractivity contribution is 7.89. The molecule has 8 nitrogen and oxygen atoms in total. The van der Waals surface area contributed by atoms with Crippen LogP contribution in [0.25, 0.3) is 11.1 Å². The monoisotopic (exact) mass is 439 g/mol. The summed E-state index contributed by atoms with van der Waals surface area (Å²) in [4.78, 5) is 24.7. The van der Waals surface area contributed by atoms with Crippen LogP contribution in [0.3, 0.4) is 0 Å². The van der Waals surface area contributed by atoms with Crippen LogP contribution in [0.15, 0.2) is 56.6 Å². The van der Waals surface area contributed by atoms with E-state index in [1.54, 1.807) is 24.3 Å². The molecule has 1 fully saturated rings. The Balaban J connectivity index is 1.50. The molecule has 1 aliphatic heterocycles. The predicted octanol–water partition coefficient (Wildman–Crippen LogP) is 2.39. The second-order valence-electron chi connectivity index (χ2n) is 7.28. The molecule has 9 heteroatoms. The van der Waals surface area contributed by atoms with Gasteiger partial charge in [0.25, 0.3) is 0 Å². The lowest BCUT2D eigenvalue weighted by molar-refractivity contribution is -0.116. The van der Waals surface area contributed by atoms with Gasteiger partial charge in [-0.3, -0.25) is 9.36 Å². The van der Waals surface area contributed by atoms with Crippen molar-refractivity contribution in [2.24, 2.45) is 0 Å². The fourth-order valence-electron chi connectivity index (χ4n) is 3.62. The third-order valence-electron chi connectivity index (χ3n) is 5.22. The number of oxazole rings is 1. The van der Waals surface area contributed by atoms with E-state index in [4.69, 9.17) is 10.8 Å². The Morgan fingerprint density at radius 3 is 2.68 bits per heavy atom. The molecule has 1 amide bonds. The zero-order valence-electron chi connectivity index (χ0n) is 16.7. The average molecular weight is 439 g/mol. The van der Waals surface area contributed by atoms with Gasteiger partial charge in [0.1, 0.15) is 0 Å². The number of nitrogens with one attached hydrogen (secondary N) is 1. The van der Waals surface area contributed by atoms with Gasteiger partial charge in [0, 0.05) is 43.4 Å². The topological polar surface area (TPSA) is 102 Å². The van der Waals surface area contributed by atoms with Gasteiger partial charge in [-0.05, 0) is 43.2 Å². The number of hydrogen-bond acceptors (Lipinski definition) is 5. The normalized spacial score (nSPS) is 14.5. The van der Waals surface area contributed by atoms with E-state index in [1.807, 2.05) is 0 Å². The van der Waals surface area contributed by atoms with Crippen LogP contribution in [0.5, 0.6) is 0 Å². The molecule has 31 heavy (non-hydrogen) atoms. The first-order valence-corrected chi connectivity index (χ1v) is 11.3. The number of fused-ring (bicyclic) bond motifs is 1. The number of amides is 1. The fourth-order valence-corrected chi connectivity index (χ4v) is 5.15. The van der Waals surface area contributed by atoms with Gasteiger partial charge in [-0.2, -0.15) is 4.31 Å². The smallest absolute Gasteiger partial charge is 0.408 e. The zero-order valence-corrected chi connectivity index (χ0v) is 17.5. The maximum atomic E-state index is 12.7. The van der Waals surface area contributed by atoms with Crippen molar-refractivity contribution < 1.29 is 17.6 Å². The van der Waals surface area contributed by atoms with Crippen LogP contribution in [0.2, 0.25) is 0 Å². The number of carbonyl (C=O) groups is 1. The standard InChI is InChI=1S/C22H21N3O5S/c1-2-16-6-5-7-17(14-16)23-21(26)10-13-25-19-9-8-18(15-20(19)30-22(25)27)31(28,29)24-11-3-4-12-24/h1,5-9,14-15H,3-4,10-13H2,(H,23,26). The number of sulfonamides is 1. The van der Waals surface area contributed by atoms with Crippen LogP contribution in [-0.2, 0) is 21.4 Å². The molecule has 0 bridgehead atoms. The molecular formula is C22H21N3O5S. The second-order valence-corrected chi connectivity index (χ2v) is 9.22. The van der Waals surface area contributed by atoms with E-state index in [9.17, 15) is 18.0 Å². The molecule has 0 aliphatic carbocycles. The minimum Gasteiger partial charge on any atom is -0.408 e. The lowest BCUT2D eigenvalue weighted by Gasteiger charge is -2.15. The molecular weight excluding hydrogens is 418 g/mol. The Labute approximate surface area is 179 Å². The number of benzene rings is 2. The summed E-state index contributed by atoms with van der Waals surface area (Å²) in [6.07, 6.45) is 7.06.